The Labute approximate surface area is 173 Å². The summed E-state index contributed by atoms with van der Waals surface area (Å²) in [5.74, 6) is 1.20. The lowest BCUT2D eigenvalue weighted by Crippen LogP contribution is -2.16. The number of nitriles is 1. The molecule has 2 heterocycles. The van der Waals surface area contributed by atoms with Crippen LogP contribution < -0.4 is 10.1 Å². The lowest BCUT2D eigenvalue weighted by Gasteiger charge is -2.10. The molecule has 0 fully saturated rings. The highest BCUT2D eigenvalue weighted by atomic mass is 35.5. The van der Waals surface area contributed by atoms with Crippen LogP contribution in [0.3, 0.4) is 0 Å². The quantitative estimate of drug-likeness (QED) is 0.573. The minimum Gasteiger partial charge on any atom is -0.497 e. The normalized spacial score (nSPS) is 11.7. The third kappa shape index (κ3) is 5.02. The molecule has 2 N–H and O–H groups in total. The lowest BCUT2D eigenvalue weighted by molar-refractivity contribution is 0.208. The second-order valence-corrected chi connectivity index (χ2v) is 6.96. The molecule has 0 saturated carbocycles. The van der Waals surface area contributed by atoms with Gasteiger partial charge in [-0.05, 0) is 49.2 Å². The molecule has 0 saturated heterocycles. The van der Waals surface area contributed by atoms with Crippen molar-refractivity contribution < 1.29 is 9.84 Å². The van der Waals surface area contributed by atoms with E-state index >= 15 is 0 Å². The van der Waals surface area contributed by atoms with Crippen LogP contribution >= 0.6 is 11.6 Å². The summed E-state index contributed by atoms with van der Waals surface area (Å²) in [7, 11) is 1.61. The summed E-state index contributed by atoms with van der Waals surface area (Å²) >= 11 is 6.13. The van der Waals surface area contributed by atoms with Crippen LogP contribution in [0.15, 0.2) is 30.5 Å². The molecule has 0 bridgehead atoms. The summed E-state index contributed by atoms with van der Waals surface area (Å²) in [6, 6.07) is 9.62. The highest BCUT2D eigenvalue weighted by molar-refractivity contribution is 6.28. The van der Waals surface area contributed by atoms with E-state index in [0.717, 1.165) is 11.1 Å². The largest absolute Gasteiger partial charge is 0.497 e. The highest BCUT2D eigenvalue weighted by Gasteiger charge is 2.17. The second kappa shape index (κ2) is 8.90. The molecule has 0 aliphatic carbocycles. The molecule has 9 heteroatoms. The number of aliphatic hydroxyl groups is 1. The van der Waals surface area contributed by atoms with Crippen LogP contribution in [0.2, 0.25) is 5.28 Å². The number of ether oxygens (including phenoxy) is 1. The molecular weight excluding hydrogens is 392 g/mol. The third-order valence-corrected chi connectivity index (χ3v) is 4.28. The molecule has 3 aromatic rings. The minimum absolute atomic E-state index is 0.0661. The van der Waals surface area contributed by atoms with Crippen molar-refractivity contribution in [2.24, 2.45) is 0 Å². The Bertz CT molecular complexity index is 1060. The van der Waals surface area contributed by atoms with Gasteiger partial charge in [0.15, 0.2) is 0 Å². The zero-order valence-corrected chi connectivity index (χ0v) is 17.1. The highest BCUT2D eigenvalue weighted by Crippen LogP contribution is 2.34. The molecule has 0 aliphatic rings. The van der Waals surface area contributed by atoms with Crippen molar-refractivity contribution in [2.75, 3.05) is 19.0 Å². The van der Waals surface area contributed by atoms with E-state index in [0.29, 0.717) is 35.1 Å². The maximum absolute atomic E-state index is 9.51. The second-order valence-electron chi connectivity index (χ2n) is 6.62. The van der Waals surface area contributed by atoms with Gasteiger partial charge in [0.25, 0.3) is 0 Å². The van der Waals surface area contributed by atoms with Crippen LogP contribution in [0.1, 0.15) is 12.5 Å². The average molecular weight is 413 g/mol. The fourth-order valence-corrected chi connectivity index (χ4v) is 3.06. The fourth-order valence-electron chi connectivity index (χ4n) is 2.88. The number of methoxy groups -OCH3 is 1. The zero-order chi connectivity index (χ0) is 21.0. The van der Waals surface area contributed by atoms with Gasteiger partial charge in [-0.1, -0.05) is 0 Å². The van der Waals surface area contributed by atoms with E-state index in [1.54, 1.807) is 31.0 Å². The molecule has 1 unspecified atom stereocenters. The molecule has 29 heavy (non-hydrogen) atoms. The first-order valence-electron chi connectivity index (χ1n) is 8.97. The topological polar surface area (TPSA) is 109 Å². The Kier molecular flexibility index (Phi) is 6.32. The molecule has 2 aromatic heterocycles. The molecule has 1 aromatic carbocycles. The van der Waals surface area contributed by atoms with Gasteiger partial charge >= 0.3 is 0 Å². The van der Waals surface area contributed by atoms with E-state index in [2.05, 4.69) is 26.5 Å². The van der Waals surface area contributed by atoms with Crippen molar-refractivity contribution >= 4 is 17.4 Å². The molecule has 3 rings (SSSR count). The van der Waals surface area contributed by atoms with Crippen molar-refractivity contribution in [3.63, 3.8) is 0 Å². The van der Waals surface area contributed by atoms with E-state index in [9.17, 15) is 5.11 Å². The number of halogens is 1. The van der Waals surface area contributed by atoms with Crippen molar-refractivity contribution in [1.82, 2.24) is 19.7 Å². The SMILES string of the molecule is COc1cc(C)cc(-c2nn(CC#N)cc2-c2cc(NCC(C)O)nc(Cl)n2)c1. The van der Waals surface area contributed by atoms with Gasteiger partial charge in [0.1, 0.15) is 23.8 Å². The van der Waals surface area contributed by atoms with Crippen LogP contribution in [0.4, 0.5) is 5.82 Å². The van der Waals surface area contributed by atoms with Crippen molar-refractivity contribution in [1.29, 1.82) is 5.26 Å². The number of rotatable bonds is 7. The lowest BCUT2D eigenvalue weighted by atomic mass is 10.0. The van der Waals surface area contributed by atoms with E-state index in [-0.39, 0.29) is 11.8 Å². The van der Waals surface area contributed by atoms with Gasteiger partial charge in [0, 0.05) is 29.9 Å². The van der Waals surface area contributed by atoms with Crippen molar-refractivity contribution in [3.05, 3.63) is 41.3 Å². The molecular formula is C20H21ClN6O2. The van der Waals surface area contributed by atoms with Crippen molar-refractivity contribution in [2.45, 2.75) is 26.5 Å². The third-order valence-electron chi connectivity index (χ3n) is 4.11. The van der Waals surface area contributed by atoms with Crippen LogP contribution in [0, 0.1) is 18.3 Å². The first-order chi connectivity index (χ1) is 13.9. The van der Waals surface area contributed by atoms with Gasteiger partial charge < -0.3 is 15.2 Å². The van der Waals surface area contributed by atoms with E-state index in [4.69, 9.17) is 21.6 Å². The van der Waals surface area contributed by atoms with Crippen molar-refractivity contribution in [3.8, 4) is 34.3 Å². The number of aromatic nitrogens is 4. The maximum atomic E-state index is 9.51. The summed E-state index contributed by atoms with van der Waals surface area (Å²) in [4.78, 5) is 8.49. The van der Waals surface area contributed by atoms with Crippen LogP contribution in [0.25, 0.3) is 22.5 Å². The summed E-state index contributed by atoms with van der Waals surface area (Å²) in [5, 5.41) is 26.3. The van der Waals surface area contributed by atoms with Gasteiger partial charge in [-0.15, -0.1) is 0 Å². The molecule has 0 spiro atoms. The fraction of sp³-hybridized carbons (Fsp3) is 0.300. The van der Waals surface area contributed by atoms with Gasteiger partial charge in [-0.2, -0.15) is 10.4 Å². The number of benzene rings is 1. The summed E-state index contributed by atoms with van der Waals surface area (Å²) in [5.41, 5.74) is 3.76. The Morgan fingerprint density at radius 2 is 2.10 bits per heavy atom. The number of aliphatic hydroxyl groups excluding tert-OH is 1. The monoisotopic (exact) mass is 412 g/mol. The summed E-state index contributed by atoms with van der Waals surface area (Å²) in [6.45, 7) is 4.06. The van der Waals surface area contributed by atoms with Gasteiger partial charge in [0.2, 0.25) is 5.28 Å². The Balaban J connectivity index is 2.12. The average Bonchev–Trinajstić information content (AvgIpc) is 3.10. The number of aryl methyl sites for hydroxylation is 1. The number of nitrogens with one attached hydrogen (secondary N) is 1. The minimum atomic E-state index is -0.541. The smallest absolute Gasteiger partial charge is 0.224 e. The number of hydrogen-bond donors (Lipinski definition) is 2. The maximum Gasteiger partial charge on any atom is 0.224 e. The van der Waals surface area contributed by atoms with Gasteiger partial charge in [0.05, 0.1) is 25.0 Å². The van der Waals surface area contributed by atoms with E-state index in [1.165, 1.54) is 0 Å². The van der Waals surface area contributed by atoms with Crippen LogP contribution in [0.5, 0.6) is 5.75 Å². The Hall–Kier alpha value is -3.15. The Morgan fingerprint density at radius 3 is 2.79 bits per heavy atom. The van der Waals surface area contributed by atoms with Crippen LogP contribution in [-0.4, -0.2) is 44.6 Å². The predicted molar refractivity (Wildman–Crippen MR) is 111 cm³/mol. The summed E-state index contributed by atoms with van der Waals surface area (Å²) in [6.07, 6.45) is 1.21. The molecule has 150 valence electrons. The number of hydrogen-bond acceptors (Lipinski definition) is 7. The number of nitrogens with zero attached hydrogens (tertiary/aromatic N) is 5. The Morgan fingerprint density at radius 1 is 1.31 bits per heavy atom. The first-order valence-corrected chi connectivity index (χ1v) is 9.34. The molecule has 0 amide bonds. The van der Waals surface area contributed by atoms with E-state index in [1.807, 2.05) is 25.1 Å². The zero-order valence-electron chi connectivity index (χ0n) is 16.3. The molecule has 8 nitrogen and oxygen atoms in total. The van der Waals surface area contributed by atoms with Gasteiger partial charge in [-0.3, -0.25) is 4.68 Å². The summed E-state index contributed by atoms with van der Waals surface area (Å²) < 4.78 is 6.94. The molecule has 0 radical (unpaired) electrons. The molecule has 1 atom stereocenters. The predicted octanol–water partition coefficient (Wildman–Crippen LogP) is 3.29. The first kappa shape index (κ1) is 20.6. The van der Waals surface area contributed by atoms with Crippen LogP contribution in [-0.2, 0) is 6.54 Å². The standard InChI is InChI=1S/C20H21ClN6O2/c1-12-6-14(8-15(7-12)29-3)19-16(11-27(26-19)5-4-22)17-9-18(23-10-13(2)28)25-20(21)24-17/h6-9,11,13,28H,5,10H2,1-3H3,(H,23,24,25). The number of anilines is 1. The molecule has 0 aliphatic heterocycles. The van der Waals surface area contributed by atoms with Gasteiger partial charge in [-0.25, -0.2) is 9.97 Å². The van der Waals surface area contributed by atoms with E-state index < -0.39 is 6.10 Å².